The number of nitrogens with one attached hydrogen (secondary N) is 2. The van der Waals surface area contributed by atoms with Crippen LogP contribution < -0.4 is 10.6 Å². The zero-order chi connectivity index (χ0) is 14.9. The summed E-state index contributed by atoms with van der Waals surface area (Å²) < 4.78 is 0. The molecule has 110 valence electrons. The van der Waals surface area contributed by atoms with Crippen molar-refractivity contribution in [3.8, 4) is 0 Å². The number of aliphatic hydroxyl groups is 1. The first kappa shape index (κ1) is 13.8. The van der Waals surface area contributed by atoms with Crippen LogP contribution >= 0.6 is 0 Å². The quantitative estimate of drug-likeness (QED) is 0.807. The number of urea groups is 1. The Morgan fingerprint density at radius 2 is 2.24 bits per heavy atom. The van der Waals surface area contributed by atoms with E-state index in [1.807, 2.05) is 31.2 Å². The molecule has 1 saturated carbocycles. The second-order valence-corrected chi connectivity index (χ2v) is 5.85. The molecule has 5 nitrogen and oxygen atoms in total. The number of amides is 2. The van der Waals surface area contributed by atoms with Gasteiger partial charge in [-0.25, -0.2) is 4.79 Å². The van der Waals surface area contributed by atoms with Crippen molar-refractivity contribution >= 4 is 22.6 Å². The molecule has 1 aliphatic carbocycles. The molecule has 5 heteroatoms. The number of nitrogens with zero attached hydrogens (tertiary/aromatic N) is 1. The summed E-state index contributed by atoms with van der Waals surface area (Å²) in [4.78, 5) is 16.4. The second-order valence-electron chi connectivity index (χ2n) is 5.85. The molecule has 1 aromatic carbocycles. The Kier molecular flexibility index (Phi) is 3.51. The molecule has 1 fully saturated rings. The van der Waals surface area contributed by atoms with Gasteiger partial charge in [-0.05, 0) is 43.5 Å². The lowest BCUT2D eigenvalue weighted by Crippen LogP contribution is -2.35. The summed E-state index contributed by atoms with van der Waals surface area (Å²) in [6.45, 7) is 2.62. The van der Waals surface area contributed by atoms with Crippen LogP contribution in [0.5, 0.6) is 0 Å². The molecule has 0 unspecified atom stereocenters. The highest BCUT2D eigenvalue weighted by atomic mass is 16.3. The number of rotatable bonds is 4. The van der Waals surface area contributed by atoms with Crippen LogP contribution in [0.1, 0.15) is 18.4 Å². The highest BCUT2D eigenvalue weighted by molar-refractivity contribution is 5.99. The van der Waals surface area contributed by atoms with Gasteiger partial charge in [0.15, 0.2) is 0 Å². The van der Waals surface area contributed by atoms with Crippen LogP contribution in [-0.2, 0) is 0 Å². The van der Waals surface area contributed by atoms with E-state index in [0.29, 0.717) is 12.2 Å². The lowest BCUT2D eigenvalue weighted by molar-refractivity contribution is 0.206. The van der Waals surface area contributed by atoms with Crippen LogP contribution in [-0.4, -0.2) is 29.3 Å². The topological polar surface area (TPSA) is 74.2 Å². The molecule has 3 N–H and O–H groups in total. The largest absolute Gasteiger partial charge is 0.396 e. The summed E-state index contributed by atoms with van der Waals surface area (Å²) in [5.74, 6) is 0. The Bertz CT molecular complexity index is 680. The van der Waals surface area contributed by atoms with Crippen molar-refractivity contribution in [3.05, 3.63) is 36.0 Å². The molecule has 0 spiro atoms. The number of anilines is 1. The van der Waals surface area contributed by atoms with E-state index < -0.39 is 0 Å². The zero-order valence-electron chi connectivity index (χ0n) is 12.0. The van der Waals surface area contributed by atoms with Crippen LogP contribution in [0.25, 0.3) is 10.9 Å². The predicted octanol–water partition coefficient (Wildman–Crippen LogP) is 2.44. The molecule has 2 amide bonds. The van der Waals surface area contributed by atoms with Gasteiger partial charge in [0.2, 0.25) is 0 Å². The van der Waals surface area contributed by atoms with Crippen LogP contribution in [0.3, 0.4) is 0 Å². The van der Waals surface area contributed by atoms with E-state index in [0.717, 1.165) is 29.3 Å². The average Bonchev–Trinajstić information content (AvgIpc) is 3.26. The van der Waals surface area contributed by atoms with E-state index in [1.54, 1.807) is 6.20 Å². The van der Waals surface area contributed by atoms with E-state index in [1.165, 1.54) is 0 Å². The molecule has 3 rings (SSSR count). The summed E-state index contributed by atoms with van der Waals surface area (Å²) >= 11 is 0. The lowest BCUT2D eigenvalue weighted by Gasteiger charge is -2.14. The average molecular weight is 285 g/mol. The Morgan fingerprint density at radius 1 is 1.43 bits per heavy atom. The zero-order valence-corrected chi connectivity index (χ0v) is 12.0. The number of pyridine rings is 1. The fraction of sp³-hybridized carbons (Fsp3) is 0.375. The maximum atomic E-state index is 12.0. The Morgan fingerprint density at radius 3 is 2.95 bits per heavy atom. The van der Waals surface area contributed by atoms with Gasteiger partial charge in [0, 0.05) is 23.5 Å². The first-order valence-electron chi connectivity index (χ1n) is 7.13. The van der Waals surface area contributed by atoms with Gasteiger partial charge >= 0.3 is 6.03 Å². The number of hydrogen-bond acceptors (Lipinski definition) is 3. The smallest absolute Gasteiger partial charge is 0.319 e. The molecule has 21 heavy (non-hydrogen) atoms. The highest BCUT2D eigenvalue weighted by Gasteiger charge is 2.42. The van der Waals surface area contributed by atoms with E-state index in [9.17, 15) is 9.90 Å². The SMILES string of the molecule is Cc1cc(NC(=O)NCC2(CO)CC2)c2ncccc2c1. The summed E-state index contributed by atoms with van der Waals surface area (Å²) in [6, 6.07) is 7.55. The van der Waals surface area contributed by atoms with Crippen molar-refractivity contribution in [2.24, 2.45) is 5.41 Å². The van der Waals surface area contributed by atoms with Gasteiger partial charge in [0.05, 0.1) is 17.8 Å². The third-order valence-corrected chi connectivity index (χ3v) is 4.01. The van der Waals surface area contributed by atoms with E-state index in [-0.39, 0.29) is 18.1 Å². The number of carbonyl (C=O) groups excluding carboxylic acids is 1. The molecule has 0 saturated heterocycles. The maximum Gasteiger partial charge on any atom is 0.319 e. The summed E-state index contributed by atoms with van der Waals surface area (Å²) in [5, 5.41) is 15.9. The number of aliphatic hydroxyl groups excluding tert-OH is 1. The molecular formula is C16H19N3O2. The number of benzene rings is 1. The maximum absolute atomic E-state index is 12.0. The van der Waals surface area contributed by atoms with E-state index in [2.05, 4.69) is 15.6 Å². The molecule has 0 aliphatic heterocycles. The Labute approximate surface area is 123 Å². The highest BCUT2D eigenvalue weighted by Crippen LogP contribution is 2.44. The molecule has 0 bridgehead atoms. The van der Waals surface area contributed by atoms with Crippen molar-refractivity contribution in [3.63, 3.8) is 0 Å². The Hall–Kier alpha value is -2.14. The van der Waals surface area contributed by atoms with Gasteiger partial charge in [-0.1, -0.05) is 6.07 Å². The van der Waals surface area contributed by atoms with Crippen molar-refractivity contribution in [1.29, 1.82) is 0 Å². The minimum Gasteiger partial charge on any atom is -0.396 e. The third kappa shape index (κ3) is 2.97. The molecule has 1 aliphatic rings. The number of fused-ring (bicyclic) bond motifs is 1. The monoisotopic (exact) mass is 285 g/mol. The number of aryl methyl sites for hydroxylation is 1. The standard InChI is InChI=1S/C16H19N3O2/c1-11-7-12-3-2-6-17-14(12)13(8-11)19-15(21)18-9-16(10-20)4-5-16/h2-3,6-8,20H,4-5,9-10H2,1H3,(H2,18,19,21). The van der Waals surface area contributed by atoms with Crippen molar-refractivity contribution in [2.45, 2.75) is 19.8 Å². The van der Waals surface area contributed by atoms with Crippen molar-refractivity contribution < 1.29 is 9.90 Å². The summed E-state index contributed by atoms with van der Waals surface area (Å²) in [6.07, 6.45) is 3.66. The third-order valence-electron chi connectivity index (χ3n) is 4.01. The van der Waals surface area contributed by atoms with E-state index >= 15 is 0 Å². The van der Waals surface area contributed by atoms with Crippen LogP contribution in [0.15, 0.2) is 30.5 Å². The fourth-order valence-electron chi connectivity index (χ4n) is 2.44. The van der Waals surface area contributed by atoms with Crippen LogP contribution in [0, 0.1) is 12.3 Å². The number of aromatic nitrogens is 1. The van der Waals surface area contributed by atoms with Crippen molar-refractivity contribution in [1.82, 2.24) is 10.3 Å². The van der Waals surface area contributed by atoms with E-state index in [4.69, 9.17) is 0 Å². The first-order chi connectivity index (χ1) is 10.1. The molecule has 1 heterocycles. The van der Waals surface area contributed by atoms with Gasteiger partial charge in [0.25, 0.3) is 0 Å². The molecular weight excluding hydrogens is 266 g/mol. The summed E-state index contributed by atoms with van der Waals surface area (Å²) in [5.41, 5.74) is 2.46. The van der Waals surface area contributed by atoms with Gasteiger partial charge in [-0.2, -0.15) is 0 Å². The molecule has 0 radical (unpaired) electrons. The summed E-state index contributed by atoms with van der Waals surface area (Å²) in [7, 11) is 0. The lowest BCUT2D eigenvalue weighted by atomic mass is 10.1. The minimum absolute atomic E-state index is 0.0930. The van der Waals surface area contributed by atoms with Gasteiger partial charge in [-0.15, -0.1) is 0 Å². The first-order valence-corrected chi connectivity index (χ1v) is 7.13. The normalized spacial score (nSPS) is 15.7. The second kappa shape index (κ2) is 5.33. The van der Waals surface area contributed by atoms with Gasteiger partial charge < -0.3 is 15.7 Å². The predicted molar refractivity (Wildman–Crippen MR) is 82.3 cm³/mol. The molecule has 2 aromatic rings. The molecule has 1 aromatic heterocycles. The minimum atomic E-state index is -0.257. The molecule has 0 atom stereocenters. The number of hydrogen-bond donors (Lipinski definition) is 3. The van der Waals surface area contributed by atoms with Gasteiger partial charge in [-0.3, -0.25) is 4.98 Å². The number of carbonyl (C=O) groups is 1. The van der Waals surface area contributed by atoms with Gasteiger partial charge in [0.1, 0.15) is 0 Å². The van der Waals surface area contributed by atoms with Crippen molar-refractivity contribution in [2.75, 3.05) is 18.5 Å². The Balaban J connectivity index is 1.73. The van der Waals surface area contributed by atoms with Crippen LogP contribution in [0.4, 0.5) is 10.5 Å². The fourth-order valence-corrected chi connectivity index (χ4v) is 2.44. The van der Waals surface area contributed by atoms with Crippen LogP contribution in [0.2, 0.25) is 0 Å².